The number of benzene rings is 2. The van der Waals surface area contributed by atoms with E-state index in [1.165, 1.54) is 0 Å². The molecule has 2 aromatic carbocycles. The van der Waals surface area contributed by atoms with Crippen LogP contribution in [-0.4, -0.2) is 20.0 Å². The van der Waals surface area contributed by atoms with Gasteiger partial charge in [0.1, 0.15) is 0 Å². The molecule has 0 saturated heterocycles. The van der Waals surface area contributed by atoms with E-state index < -0.39 is 5.41 Å². The molecule has 1 fully saturated rings. The minimum absolute atomic E-state index is 0.104. The highest BCUT2D eigenvalue weighted by Crippen LogP contribution is 2.44. The molecule has 1 amide bonds. The van der Waals surface area contributed by atoms with Crippen molar-refractivity contribution in [3.05, 3.63) is 64.7 Å². The van der Waals surface area contributed by atoms with Crippen molar-refractivity contribution in [1.82, 2.24) is 5.32 Å². The Balaban J connectivity index is 1.69. The maximum absolute atomic E-state index is 12.8. The fourth-order valence-corrected chi connectivity index (χ4v) is 3.42. The molecule has 1 aliphatic carbocycles. The fraction of sp³-hybridized carbons (Fsp3) is 0.350. The molecule has 24 heavy (non-hydrogen) atoms. The first kappa shape index (κ1) is 16.8. The Morgan fingerprint density at radius 1 is 1.17 bits per heavy atom. The highest BCUT2D eigenvalue weighted by molar-refractivity contribution is 6.30. The summed E-state index contributed by atoms with van der Waals surface area (Å²) in [7, 11) is 4.03. The van der Waals surface area contributed by atoms with Crippen LogP contribution in [0.15, 0.2) is 48.5 Å². The molecule has 2 aromatic rings. The van der Waals surface area contributed by atoms with E-state index in [1.807, 2.05) is 38.4 Å². The van der Waals surface area contributed by atoms with Crippen LogP contribution in [0.3, 0.4) is 0 Å². The lowest BCUT2D eigenvalue weighted by atomic mass is 9.64. The van der Waals surface area contributed by atoms with Crippen LogP contribution >= 0.6 is 11.6 Å². The lowest BCUT2D eigenvalue weighted by Crippen LogP contribution is -2.49. The van der Waals surface area contributed by atoms with E-state index >= 15 is 0 Å². The number of rotatable bonds is 5. The van der Waals surface area contributed by atoms with Gasteiger partial charge < -0.3 is 10.2 Å². The second-order valence-electron chi connectivity index (χ2n) is 6.69. The number of nitrogens with zero attached hydrogens (tertiary/aromatic N) is 1. The minimum atomic E-state index is -0.408. The van der Waals surface area contributed by atoms with E-state index in [0.29, 0.717) is 11.6 Å². The average molecular weight is 343 g/mol. The molecule has 1 aliphatic rings. The minimum Gasteiger partial charge on any atom is -0.378 e. The quantitative estimate of drug-likeness (QED) is 0.885. The zero-order valence-corrected chi connectivity index (χ0v) is 14.9. The van der Waals surface area contributed by atoms with Crippen LogP contribution in [0.25, 0.3) is 0 Å². The second kappa shape index (κ2) is 6.86. The van der Waals surface area contributed by atoms with Crippen LogP contribution in [0.5, 0.6) is 0 Å². The molecule has 0 aliphatic heterocycles. The standard InChI is InChI=1S/C20H23ClN2O/c1-23(2)18-9-7-15(8-10-18)14-22-19(24)20(11-4-12-20)16-5-3-6-17(21)13-16/h3,5-10,13H,4,11-12,14H2,1-2H3,(H,22,24). The van der Waals surface area contributed by atoms with Gasteiger partial charge in [0.2, 0.25) is 5.91 Å². The summed E-state index contributed by atoms with van der Waals surface area (Å²) in [5, 5.41) is 3.80. The van der Waals surface area contributed by atoms with Gasteiger partial charge in [0, 0.05) is 31.4 Å². The summed E-state index contributed by atoms with van der Waals surface area (Å²) >= 11 is 6.11. The van der Waals surface area contributed by atoms with Gasteiger partial charge in [0.15, 0.2) is 0 Å². The van der Waals surface area contributed by atoms with Gasteiger partial charge in [0.25, 0.3) is 0 Å². The fourth-order valence-electron chi connectivity index (χ4n) is 3.23. The number of hydrogen-bond donors (Lipinski definition) is 1. The van der Waals surface area contributed by atoms with Gasteiger partial charge >= 0.3 is 0 Å². The second-order valence-corrected chi connectivity index (χ2v) is 7.13. The summed E-state index contributed by atoms with van der Waals surface area (Å²) < 4.78 is 0. The molecule has 3 rings (SSSR count). The van der Waals surface area contributed by atoms with Crippen LogP contribution in [0.4, 0.5) is 5.69 Å². The predicted molar refractivity (Wildman–Crippen MR) is 99.6 cm³/mol. The van der Waals surface area contributed by atoms with Crippen LogP contribution in [0, 0.1) is 0 Å². The normalized spacial score (nSPS) is 15.5. The zero-order valence-electron chi connectivity index (χ0n) is 14.2. The van der Waals surface area contributed by atoms with Gasteiger partial charge in [-0.05, 0) is 48.2 Å². The van der Waals surface area contributed by atoms with Gasteiger partial charge in [-0.1, -0.05) is 42.3 Å². The van der Waals surface area contributed by atoms with Crippen LogP contribution < -0.4 is 10.2 Å². The first-order valence-corrected chi connectivity index (χ1v) is 8.70. The van der Waals surface area contributed by atoms with Gasteiger partial charge in [-0.15, -0.1) is 0 Å². The molecule has 0 radical (unpaired) electrons. The molecular formula is C20H23ClN2O. The largest absolute Gasteiger partial charge is 0.378 e. The molecule has 3 nitrogen and oxygen atoms in total. The summed E-state index contributed by atoms with van der Waals surface area (Å²) in [6, 6.07) is 16.0. The Kier molecular flexibility index (Phi) is 4.81. The highest BCUT2D eigenvalue weighted by atomic mass is 35.5. The monoisotopic (exact) mass is 342 g/mol. The SMILES string of the molecule is CN(C)c1ccc(CNC(=O)C2(c3cccc(Cl)c3)CCC2)cc1. The molecule has 0 unspecified atom stereocenters. The molecule has 0 heterocycles. The molecule has 126 valence electrons. The predicted octanol–water partition coefficient (Wildman–Crippen LogP) is 4.14. The van der Waals surface area contributed by atoms with E-state index in [2.05, 4.69) is 34.5 Å². The van der Waals surface area contributed by atoms with Gasteiger partial charge in [-0.25, -0.2) is 0 Å². The summed E-state index contributed by atoms with van der Waals surface area (Å²) in [6.07, 6.45) is 2.86. The van der Waals surface area contributed by atoms with E-state index in [0.717, 1.165) is 36.1 Å². The Morgan fingerprint density at radius 3 is 2.42 bits per heavy atom. The van der Waals surface area contributed by atoms with Gasteiger partial charge in [0.05, 0.1) is 5.41 Å². The van der Waals surface area contributed by atoms with Crippen molar-refractivity contribution in [1.29, 1.82) is 0 Å². The van der Waals surface area contributed by atoms with E-state index in [-0.39, 0.29) is 5.91 Å². The van der Waals surface area contributed by atoms with E-state index in [4.69, 9.17) is 11.6 Å². The van der Waals surface area contributed by atoms with Crippen LogP contribution in [-0.2, 0) is 16.8 Å². The van der Waals surface area contributed by atoms with Crippen molar-refractivity contribution in [2.24, 2.45) is 0 Å². The van der Waals surface area contributed by atoms with Crippen molar-refractivity contribution in [3.63, 3.8) is 0 Å². The van der Waals surface area contributed by atoms with Crippen molar-refractivity contribution >= 4 is 23.2 Å². The van der Waals surface area contributed by atoms with Gasteiger partial charge in [-0.3, -0.25) is 4.79 Å². The number of amides is 1. The Morgan fingerprint density at radius 2 is 1.88 bits per heavy atom. The molecule has 1 N–H and O–H groups in total. The summed E-state index contributed by atoms with van der Waals surface area (Å²) in [6.45, 7) is 0.550. The van der Waals surface area contributed by atoms with Crippen molar-refractivity contribution in [3.8, 4) is 0 Å². The third-order valence-corrected chi connectivity index (χ3v) is 5.16. The van der Waals surface area contributed by atoms with E-state index in [1.54, 1.807) is 0 Å². The number of anilines is 1. The number of carbonyl (C=O) groups is 1. The van der Waals surface area contributed by atoms with Crippen molar-refractivity contribution in [2.75, 3.05) is 19.0 Å². The lowest BCUT2D eigenvalue weighted by Gasteiger charge is -2.40. The van der Waals surface area contributed by atoms with E-state index in [9.17, 15) is 4.79 Å². The molecule has 0 bridgehead atoms. The number of nitrogens with one attached hydrogen (secondary N) is 1. The molecule has 0 spiro atoms. The van der Waals surface area contributed by atoms with Crippen LogP contribution in [0.1, 0.15) is 30.4 Å². The van der Waals surface area contributed by atoms with Crippen LogP contribution in [0.2, 0.25) is 5.02 Å². The number of halogens is 1. The Bertz CT molecular complexity index is 721. The number of hydrogen-bond acceptors (Lipinski definition) is 2. The topological polar surface area (TPSA) is 32.3 Å². The third-order valence-electron chi connectivity index (χ3n) is 4.92. The maximum Gasteiger partial charge on any atom is 0.230 e. The van der Waals surface area contributed by atoms with Crippen molar-refractivity contribution < 1.29 is 4.79 Å². The third kappa shape index (κ3) is 3.27. The first-order valence-electron chi connectivity index (χ1n) is 8.32. The Labute approximate surface area is 148 Å². The van der Waals surface area contributed by atoms with Gasteiger partial charge in [-0.2, -0.15) is 0 Å². The number of carbonyl (C=O) groups excluding carboxylic acids is 1. The smallest absolute Gasteiger partial charge is 0.230 e. The Hall–Kier alpha value is -2.00. The molecule has 4 heteroatoms. The summed E-state index contributed by atoms with van der Waals surface area (Å²) in [5.74, 6) is 0.104. The molecule has 0 atom stereocenters. The summed E-state index contributed by atoms with van der Waals surface area (Å²) in [4.78, 5) is 14.9. The highest BCUT2D eigenvalue weighted by Gasteiger charge is 2.45. The molecular weight excluding hydrogens is 320 g/mol. The summed E-state index contributed by atoms with van der Waals surface area (Å²) in [5.41, 5.74) is 2.88. The first-order chi connectivity index (χ1) is 11.5. The lowest BCUT2D eigenvalue weighted by molar-refractivity contribution is -0.130. The average Bonchev–Trinajstić information content (AvgIpc) is 2.52. The zero-order chi connectivity index (χ0) is 17.2. The maximum atomic E-state index is 12.8. The molecule has 0 aromatic heterocycles. The molecule has 1 saturated carbocycles. The van der Waals surface area contributed by atoms with Crippen molar-refractivity contribution in [2.45, 2.75) is 31.2 Å².